The number of hydrogen-bond acceptors (Lipinski definition) is 6. The molecule has 0 saturated carbocycles. The summed E-state index contributed by atoms with van der Waals surface area (Å²) in [5.41, 5.74) is 0. The summed E-state index contributed by atoms with van der Waals surface area (Å²) in [6.45, 7) is 6.57. The van der Waals surface area contributed by atoms with E-state index >= 15 is 0 Å². The molecule has 0 aromatic carbocycles. The first-order valence-electron chi connectivity index (χ1n) is 32.3. The number of rotatable bonds is 59. The second-order valence-electron chi connectivity index (χ2n) is 21.7. The summed E-state index contributed by atoms with van der Waals surface area (Å²) in [6.07, 6.45) is 79.4. The molecular weight excluding hydrogens is 913 g/mol. The molecule has 0 amide bonds. The van der Waals surface area contributed by atoms with E-state index in [-0.39, 0.29) is 31.1 Å². The molecule has 1 atom stereocenters. The van der Waals surface area contributed by atoms with Crippen LogP contribution in [0.15, 0.2) is 60.8 Å². The Morgan fingerprint density at radius 3 is 0.824 bits per heavy atom. The quantitative estimate of drug-likeness (QED) is 0.0261. The van der Waals surface area contributed by atoms with Crippen LogP contribution in [0.5, 0.6) is 0 Å². The number of ether oxygens (including phenoxy) is 3. The van der Waals surface area contributed by atoms with Gasteiger partial charge in [0.05, 0.1) is 0 Å². The molecule has 0 aliphatic carbocycles. The Bertz CT molecular complexity index is 1330. The fourth-order valence-corrected chi connectivity index (χ4v) is 9.47. The molecule has 0 bridgehead atoms. The predicted octanol–water partition coefficient (Wildman–Crippen LogP) is 21.9. The molecule has 6 heteroatoms. The lowest BCUT2D eigenvalue weighted by molar-refractivity contribution is -0.167. The Balaban J connectivity index is 4.22. The maximum atomic E-state index is 12.9. The Morgan fingerprint density at radius 2 is 0.527 bits per heavy atom. The number of unbranched alkanes of at least 4 members (excludes halogenated alkanes) is 38. The lowest BCUT2D eigenvalue weighted by Gasteiger charge is -2.18. The molecule has 0 aliphatic heterocycles. The van der Waals surface area contributed by atoms with E-state index in [1.807, 2.05) is 0 Å². The van der Waals surface area contributed by atoms with Crippen molar-refractivity contribution in [1.82, 2.24) is 0 Å². The van der Waals surface area contributed by atoms with Crippen LogP contribution >= 0.6 is 0 Å². The highest BCUT2D eigenvalue weighted by atomic mass is 16.6. The first-order chi connectivity index (χ1) is 36.5. The van der Waals surface area contributed by atoms with Gasteiger partial charge in [-0.3, -0.25) is 14.4 Å². The minimum atomic E-state index is -0.771. The molecular formula is C68H122O6. The molecule has 0 aromatic rings. The highest BCUT2D eigenvalue weighted by Gasteiger charge is 2.19. The van der Waals surface area contributed by atoms with Crippen molar-refractivity contribution in [1.29, 1.82) is 0 Å². The van der Waals surface area contributed by atoms with Crippen molar-refractivity contribution in [3.05, 3.63) is 60.8 Å². The summed E-state index contributed by atoms with van der Waals surface area (Å²) in [7, 11) is 0. The largest absolute Gasteiger partial charge is 0.462 e. The molecule has 430 valence electrons. The van der Waals surface area contributed by atoms with E-state index in [1.165, 1.54) is 205 Å². The van der Waals surface area contributed by atoms with Gasteiger partial charge in [-0.15, -0.1) is 0 Å². The fourth-order valence-electron chi connectivity index (χ4n) is 9.47. The highest BCUT2D eigenvalue weighted by molar-refractivity contribution is 5.71. The van der Waals surface area contributed by atoms with E-state index in [9.17, 15) is 14.4 Å². The molecule has 6 nitrogen and oxygen atoms in total. The average Bonchev–Trinajstić information content (AvgIpc) is 3.40. The molecule has 0 N–H and O–H groups in total. The van der Waals surface area contributed by atoms with Gasteiger partial charge in [-0.1, -0.05) is 313 Å². The van der Waals surface area contributed by atoms with Crippen molar-refractivity contribution >= 4 is 17.9 Å². The number of carbonyl (C=O) groups is 3. The monoisotopic (exact) mass is 1030 g/mol. The van der Waals surface area contributed by atoms with E-state index in [0.717, 1.165) is 89.9 Å². The third-order valence-corrected chi connectivity index (χ3v) is 14.3. The first kappa shape index (κ1) is 71.1. The van der Waals surface area contributed by atoms with Gasteiger partial charge in [-0.05, 0) is 64.2 Å². The summed E-state index contributed by atoms with van der Waals surface area (Å²) in [6, 6.07) is 0. The lowest BCUT2D eigenvalue weighted by atomic mass is 10.0. The third-order valence-electron chi connectivity index (χ3n) is 14.3. The summed E-state index contributed by atoms with van der Waals surface area (Å²) >= 11 is 0. The second kappa shape index (κ2) is 62.6. The molecule has 0 aromatic heterocycles. The Labute approximate surface area is 460 Å². The molecule has 0 heterocycles. The fraction of sp³-hybridized carbons (Fsp3) is 0.809. The Hall–Kier alpha value is -2.89. The van der Waals surface area contributed by atoms with Crippen molar-refractivity contribution in [3.63, 3.8) is 0 Å². The van der Waals surface area contributed by atoms with Crippen LogP contribution in [0.4, 0.5) is 0 Å². The van der Waals surface area contributed by atoms with Crippen molar-refractivity contribution < 1.29 is 28.6 Å². The van der Waals surface area contributed by atoms with Gasteiger partial charge in [0.1, 0.15) is 13.2 Å². The molecule has 74 heavy (non-hydrogen) atoms. The Morgan fingerprint density at radius 1 is 0.284 bits per heavy atom. The van der Waals surface area contributed by atoms with Gasteiger partial charge in [-0.2, -0.15) is 0 Å². The molecule has 0 fully saturated rings. The molecule has 1 unspecified atom stereocenters. The third kappa shape index (κ3) is 60.0. The van der Waals surface area contributed by atoms with Gasteiger partial charge in [0.15, 0.2) is 6.10 Å². The normalized spacial score (nSPS) is 12.4. The van der Waals surface area contributed by atoms with Crippen molar-refractivity contribution in [2.75, 3.05) is 13.2 Å². The summed E-state index contributed by atoms with van der Waals surface area (Å²) in [5, 5.41) is 0. The van der Waals surface area contributed by atoms with E-state index in [2.05, 4.69) is 81.5 Å². The SMILES string of the molecule is CC/C=C\C/C=C\C/C=C\C/C=C\C/C=C\CCCCCCCCCCCCCC(=O)OCC(COC(=O)CCCCCCCCCCCCC)OC(=O)CCCCCCCCCCCCCCCCCCCC. The maximum Gasteiger partial charge on any atom is 0.306 e. The first-order valence-corrected chi connectivity index (χ1v) is 32.3. The van der Waals surface area contributed by atoms with Crippen LogP contribution < -0.4 is 0 Å². The standard InChI is InChI=1S/C68H122O6/c1-4-7-10-13-16-19-22-24-26-28-30-31-32-33-34-35-36-37-38-40-41-43-46-49-52-55-58-61-67(70)73-64-65(63-72-66(69)60-57-54-51-48-45-21-18-15-12-9-6-3)74-68(71)62-59-56-53-50-47-44-42-39-29-27-25-23-20-17-14-11-8-5-2/h7,10,16,19,24,26,30-31,33-34,65H,4-6,8-9,11-15,17-18,20-23,25,27-29,32,35-64H2,1-3H3/b10-7-,19-16-,26-24-,31-30-,34-33-. The molecule has 0 saturated heterocycles. The van der Waals surface area contributed by atoms with Gasteiger partial charge in [0.25, 0.3) is 0 Å². The smallest absolute Gasteiger partial charge is 0.306 e. The number of carbonyl (C=O) groups excluding carboxylic acids is 3. The molecule has 0 radical (unpaired) electrons. The molecule has 0 aliphatic rings. The summed E-state index contributed by atoms with van der Waals surface area (Å²) in [5.74, 6) is -0.853. The van der Waals surface area contributed by atoms with Crippen LogP contribution in [0.3, 0.4) is 0 Å². The molecule has 0 spiro atoms. The number of esters is 3. The van der Waals surface area contributed by atoms with E-state index in [4.69, 9.17) is 14.2 Å². The minimum absolute atomic E-state index is 0.0693. The van der Waals surface area contributed by atoms with E-state index in [0.29, 0.717) is 19.3 Å². The Kier molecular flexibility index (Phi) is 60.2. The van der Waals surface area contributed by atoms with Gasteiger partial charge in [0.2, 0.25) is 0 Å². The average molecular weight is 1040 g/mol. The van der Waals surface area contributed by atoms with Crippen LogP contribution in [-0.2, 0) is 28.6 Å². The van der Waals surface area contributed by atoms with Gasteiger partial charge in [0, 0.05) is 19.3 Å². The van der Waals surface area contributed by atoms with Gasteiger partial charge >= 0.3 is 17.9 Å². The van der Waals surface area contributed by atoms with Crippen molar-refractivity contribution in [2.45, 2.75) is 341 Å². The zero-order valence-electron chi connectivity index (χ0n) is 49.4. The zero-order chi connectivity index (χ0) is 53.6. The minimum Gasteiger partial charge on any atom is -0.462 e. The maximum absolute atomic E-state index is 12.9. The number of allylic oxidation sites excluding steroid dienone is 10. The second-order valence-corrected chi connectivity index (χ2v) is 21.7. The number of hydrogen-bond donors (Lipinski definition) is 0. The van der Waals surface area contributed by atoms with E-state index < -0.39 is 6.10 Å². The summed E-state index contributed by atoms with van der Waals surface area (Å²) < 4.78 is 16.9. The van der Waals surface area contributed by atoms with Gasteiger partial charge < -0.3 is 14.2 Å². The van der Waals surface area contributed by atoms with Crippen LogP contribution in [0.25, 0.3) is 0 Å². The van der Waals surface area contributed by atoms with Crippen LogP contribution in [0.1, 0.15) is 335 Å². The highest BCUT2D eigenvalue weighted by Crippen LogP contribution is 2.17. The predicted molar refractivity (Wildman–Crippen MR) is 321 cm³/mol. The van der Waals surface area contributed by atoms with Gasteiger partial charge in [-0.25, -0.2) is 0 Å². The molecule has 0 rings (SSSR count). The van der Waals surface area contributed by atoms with Crippen LogP contribution in [0.2, 0.25) is 0 Å². The van der Waals surface area contributed by atoms with E-state index in [1.54, 1.807) is 0 Å². The van der Waals surface area contributed by atoms with Crippen molar-refractivity contribution in [2.24, 2.45) is 0 Å². The van der Waals surface area contributed by atoms with Crippen LogP contribution in [-0.4, -0.2) is 37.2 Å². The van der Waals surface area contributed by atoms with Crippen LogP contribution in [0, 0.1) is 0 Å². The zero-order valence-corrected chi connectivity index (χ0v) is 49.4. The topological polar surface area (TPSA) is 78.9 Å². The lowest BCUT2D eigenvalue weighted by Crippen LogP contribution is -2.30. The summed E-state index contributed by atoms with van der Waals surface area (Å²) in [4.78, 5) is 38.3. The van der Waals surface area contributed by atoms with Crippen molar-refractivity contribution in [3.8, 4) is 0 Å².